The molecule has 2 N–H and O–H groups in total. The zero-order chi connectivity index (χ0) is 24.9. The van der Waals surface area contributed by atoms with Crippen molar-refractivity contribution in [3.05, 3.63) is 53.9 Å². The lowest BCUT2D eigenvalue weighted by atomic mass is 10.0. The van der Waals surface area contributed by atoms with Crippen molar-refractivity contribution >= 4 is 10.0 Å². The highest BCUT2D eigenvalue weighted by Crippen LogP contribution is 2.34. The Kier molecular flexibility index (Phi) is 8.68. The van der Waals surface area contributed by atoms with E-state index in [0.29, 0.717) is 18.7 Å². The van der Waals surface area contributed by atoms with Gasteiger partial charge in [-0.3, -0.25) is 9.88 Å². The molecular formula is C25H33N3O5S. The number of hydrogen-bond acceptors (Lipinski definition) is 7. The van der Waals surface area contributed by atoms with Crippen molar-refractivity contribution in [2.75, 3.05) is 26.7 Å². The molecule has 0 amide bonds. The molecule has 184 valence electrons. The Morgan fingerprint density at radius 3 is 2.62 bits per heavy atom. The first-order valence-electron chi connectivity index (χ1n) is 11.3. The second-order valence-electron chi connectivity index (χ2n) is 8.90. The summed E-state index contributed by atoms with van der Waals surface area (Å²) in [4.78, 5) is 6.23. The number of likely N-dealkylation sites (N-methyl/N-ethyl adjacent to an activating group) is 1. The van der Waals surface area contributed by atoms with Crippen LogP contribution in [0.15, 0.2) is 47.6 Å². The molecule has 1 aliphatic rings. The highest BCUT2D eigenvalue weighted by molar-refractivity contribution is 7.89. The number of aliphatic hydroxyl groups is 2. The Morgan fingerprint density at radius 2 is 1.97 bits per heavy atom. The second-order valence-corrected chi connectivity index (χ2v) is 10.8. The number of nitrogens with zero attached hydrogens (tertiary/aromatic N) is 3. The Hall–Kier alpha value is -2.48. The molecule has 1 aromatic carbocycles. The van der Waals surface area contributed by atoms with E-state index < -0.39 is 22.2 Å². The largest absolute Gasteiger partial charge is 0.487 e. The summed E-state index contributed by atoms with van der Waals surface area (Å²) in [6, 6.07) is 8.03. The molecule has 34 heavy (non-hydrogen) atoms. The maximum atomic E-state index is 13.5. The van der Waals surface area contributed by atoms with E-state index in [4.69, 9.17) is 4.74 Å². The van der Waals surface area contributed by atoms with Gasteiger partial charge in [0.15, 0.2) is 0 Å². The van der Waals surface area contributed by atoms with Crippen LogP contribution in [0.3, 0.4) is 0 Å². The van der Waals surface area contributed by atoms with Crippen LogP contribution >= 0.6 is 0 Å². The Morgan fingerprint density at radius 1 is 1.26 bits per heavy atom. The molecule has 0 bridgehead atoms. The highest BCUT2D eigenvalue weighted by Gasteiger charge is 2.38. The summed E-state index contributed by atoms with van der Waals surface area (Å²) in [6.07, 6.45) is 2.39. The number of ether oxygens (including phenoxy) is 1. The van der Waals surface area contributed by atoms with Crippen molar-refractivity contribution in [3.8, 4) is 17.6 Å². The van der Waals surface area contributed by atoms with Gasteiger partial charge in [-0.25, -0.2) is 8.42 Å². The number of aliphatic hydroxyl groups excluding tert-OH is 2. The molecule has 8 nitrogen and oxygen atoms in total. The van der Waals surface area contributed by atoms with Gasteiger partial charge in [-0.15, -0.1) is 0 Å². The predicted octanol–water partition coefficient (Wildman–Crippen LogP) is 1.71. The van der Waals surface area contributed by atoms with Crippen LogP contribution in [-0.2, 0) is 16.6 Å². The fourth-order valence-electron chi connectivity index (χ4n) is 3.88. The monoisotopic (exact) mass is 487 g/mol. The molecule has 0 fully saturated rings. The normalized spacial score (nSPS) is 21.9. The van der Waals surface area contributed by atoms with E-state index in [2.05, 4.69) is 21.7 Å². The number of sulfonamides is 1. The standard InChI is InChI=1S/C25H33N3O5S/c1-18-14-28(19(2)17-29)34(31,32)25-8-7-21(6-5-20(3)30)13-23(25)33-24(18)16-27(4)15-22-9-11-26-12-10-22/h7-13,18-20,24,29-30H,14-17H2,1-4H3/t18-,19+,20+,24+/m1/s1. The van der Waals surface area contributed by atoms with Gasteiger partial charge in [0.25, 0.3) is 0 Å². The van der Waals surface area contributed by atoms with E-state index in [1.807, 2.05) is 26.1 Å². The first-order valence-corrected chi connectivity index (χ1v) is 12.8. The molecule has 2 heterocycles. The van der Waals surface area contributed by atoms with Gasteiger partial charge in [-0.1, -0.05) is 18.8 Å². The Labute approximate surface area is 202 Å². The molecule has 0 saturated heterocycles. The minimum atomic E-state index is -3.91. The lowest BCUT2D eigenvalue weighted by Crippen LogP contribution is -2.49. The number of aromatic nitrogens is 1. The van der Waals surface area contributed by atoms with E-state index in [9.17, 15) is 18.6 Å². The van der Waals surface area contributed by atoms with Crippen molar-refractivity contribution in [2.24, 2.45) is 5.92 Å². The molecule has 1 aromatic heterocycles. The van der Waals surface area contributed by atoms with Crippen LogP contribution < -0.4 is 4.74 Å². The molecule has 0 spiro atoms. The molecule has 2 aromatic rings. The molecule has 0 unspecified atom stereocenters. The maximum Gasteiger partial charge on any atom is 0.247 e. The molecule has 0 aliphatic carbocycles. The van der Waals surface area contributed by atoms with E-state index in [1.54, 1.807) is 38.4 Å². The third-order valence-corrected chi connectivity index (χ3v) is 7.81. The van der Waals surface area contributed by atoms with Crippen LogP contribution in [0.5, 0.6) is 5.75 Å². The van der Waals surface area contributed by atoms with Gasteiger partial charge in [0.2, 0.25) is 10.0 Å². The average molecular weight is 488 g/mol. The molecule has 0 radical (unpaired) electrons. The van der Waals surface area contributed by atoms with Crippen LogP contribution in [0.25, 0.3) is 0 Å². The summed E-state index contributed by atoms with van der Waals surface area (Å²) in [5.41, 5.74) is 1.67. The van der Waals surface area contributed by atoms with E-state index in [1.165, 1.54) is 10.4 Å². The van der Waals surface area contributed by atoms with Crippen LogP contribution in [0.2, 0.25) is 0 Å². The molecule has 3 rings (SSSR count). The first-order chi connectivity index (χ1) is 16.1. The number of pyridine rings is 1. The van der Waals surface area contributed by atoms with Crippen LogP contribution in [0.1, 0.15) is 31.9 Å². The molecular weight excluding hydrogens is 454 g/mol. The van der Waals surface area contributed by atoms with Crippen LogP contribution in [-0.4, -0.2) is 77.8 Å². The SMILES string of the molecule is C[C@H](O)C#Cc1ccc2c(c1)O[C@@H](CN(C)Cc1ccncc1)[C@H](C)CN([C@@H](C)CO)S2(=O)=O. The van der Waals surface area contributed by atoms with Gasteiger partial charge in [0.05, 0.1) is 6.61 Å². The summed E-state index contributed by atoms with van der Waals surface area (Å²) in [7, 11) is -1.91. The molecule has 9 heteroatoms. The molecule has 4 atom stereocenters. The molecule has 1 aliphatic heterocycles. The summed E-state index contributed by atoms with van der Waals surface area (Å²) in [5.74, 6) is 5.61. The number of fused-ring (bicyclic) bond motifs is 1. The quantitative estimate of drug-likeness (QED) is 0.598. The first kappa shape index (κ1) is 26.1. The average Bonchev–Trinajstić information content (AvgIpc) is 2.80. The third kappa shape index (κ3) is 6.34. The second kappa shape index (κ2) is 11.3. The van der Waals surface area contributed by atoms with Crippen molar-refractivity contribution in [3.63, 3.8) is 0 Å². The Balaban J connectivity index is 1.99. The summed E-state index contributed by atoms with van der Waals surface area (Å²) in [5, 5.41) is 19.3. The zero-order valence-corrected chi connectivity index (χ0v) is 20.9. The van der Waals surface area contributed by atoms with Crippen LogP contribution in [0.4, 0.5) is 0 Å². The van der Waals surface area contributed by atoms with Gasteiger partial charge >= 0.3 is 0 Å². The van der Waals surface area contributed by atoms with Crippen molar-refractivity contribution in [2.45, 2.75) is 50.5 Å². The van der Waals surface area contributed by atoms with Gasteiger partial charge in [0, 0.05) is 49.6 Å². The van der Waals surface area contributed by atoms with E-state index in [0.717, 1.165) is 5.56 Å². The van der Waals surface area contributed by atoms with Gasteiger partial charge in [-0.2, -0.15) is 4.31 Å². The summed E-state index contributed by atoms with van der Waals surface area (Å²) >= 11 is 0. The van der Waals surface area contributed by atoms with Crippen molar-refractivity contribution in [1.29, 1.82) is 0 Å². The summed E-state index contributed by atoms with van der Waals surface area (Å²) < 4.78 is 34.7. The maximum absolute atomic E-state index is 13.5. The number of benzene rings is 1. The van der Waals surface area contributed by atoms with Crippen molar-refractivity contribution < 1.29 is 23.4 Å². The lowest BCUT2D eigenvalue weighted by Gasteiger charge is -2.37. The smallest absolute Gasteiger partial charge is 0.247 e. The zero-order valence-electron chi connectivity index (χ0n) is 20.0. The predicted molar refractivity (Wildman–Crippen MR) is 130 cm³/mol. The highest BCUT2D eigenvalue weighted by atomic mass is 32.2. The molecule has 0 saturated carbocycles. The van der Waals surface area contributed by atoms with Crippen LogP contribution in [0, 0.1) is 17.8 Å². The lowest BCUT2D eigenvalue weighted by molar-refractivity contribution is 0.0733. The fourth-order valence-corrected chi connectivity index (χ4v) is 5.71. The van der Waals surface area contributed by atoms with Crippen molar-refractivity contribution in [1.82, 2.24) is 14.2 Å². The minimum absolute atomic E-state index is 0.0454. The minimum Gasteiger partial charge on any atom is -0.487 e. The van der Waals surface area contributed by atoms with Gasteiger partial charge in [0.1, 0.15) is 22.9 Å². The third-order valence-electron chi connectivity index (χ3n) is 5.79. The fraction of sp³-hybridized carbons (Fsp3) is 0.480. The number of rotatable bonds is 6. The van der Waals surface area contributed by atoms with E-state index in [-0.39, 0.29) is 35.8 Å². The topological polar surface area (TPSA) is 103 Å². The van der Waals surface area contributed by atoms with E-state index >= 15 is 0 Å². The van der Waals surface area contributed by atoms with Gasteiger partial charge < -0.3 is 14.9 Å². The summed E-state index contributed by atoms with van der Waals surface area (Å²) in [6.45, 7) is 6.41. The number of hydrogen-bond donors (Lipinski definition) is 2. The van der Waals surface area contributed by atoms with Gasteiger partial charge in [-0.05, 0) is 56.8 Å². The Bertz CT molecular complexity index is 1130.